The highest BCUT2D eigenvalue weighted by molar-refractivity contribution is 6.00. The summed E-state index contributed by atoms with van der Waals surface area (Å²) in [6.07, 6.45) is 0.00740. The van der Waals surface area contributed by atoms with Crippen molar-refractivity contribution in [2.24, 2.45) is 0 Å². The lowest BCUT2D eigenvalue weighted by Gasteiger charge is -2.22. The number of halogens is 1. The molecule has 0 saturated carbocycles. The third-order valence-corrected chi connectivity index (χ3v) is 4.23. The van der Waals surface area contributed by atoms with Gasteiger partial charge in [0.05, 0.1) is 23.8 Å². The van der Waals surface area contributed by atoms with Crippen molar-refractivity contribution in [1.82, 2.24) is 9.78 Å². The number of carbonyl (C=O) groups is 2. The van der Waals surface area contributed by atoms with Gasteiger partial charge in [-0.05, 0) is 30.3 Å². The van der Waals surface area contributed by atoms with E-state index in [1.807, 2.05) is 6.07 Å². The quantitative estimate of drug-likeness (QED) is 0.612. The third-order valence-electron chi connectivity index (χ3n) is 4.23. The van der Waals surface area contributed by atoms with Crippen LogP contribution in [-0.4, -0.2) is 28.2 Å². The van der Waals surface area contributed by atoms with Crippen molar-refractivity contribution in [2.45, 2.75) is 13.0 Å². The molecule has 0 bridgehead atoms. The van der Waals surface area contributed by atoms with Crippen LogP contribution in [0.4, 0.5) is 10.1 Å². The first-order valence-electron chi connectivity index (χ1n) is 8.56. The van der Waals surface area contributed by atoms with E-state index in [9.17, 15) is 23.9 Å². The van der Waals surface area contributed by atoms with E-state index < -0.39 is 35.5 Å². The molecule has 3 aromatic rings. The van der Waals surface area contributed by atoms with Crippen molar-refractivity contribution >= 4 is 28.3 Å². The van der Waals surface area contributed by atoms with Gasteiger partial charge in [0, 0.05) is 17.6 Å². The molecule has 0 atom stereocenters. The molecule has 0 radical (unpaired) electrons. The molecule has 1 heterocycles. The van der Waals surface area contributed by atoms with Gasteiger partial charge in [-0.15, -0.1) is 0 Å². The lowest BCUT2D eigenvalue weighted by molar-refractivity contribution is -0.255. The second-order valence-corrected chi connectivity index (χ2v) is 6.07. The Labute approximate surface area is 164 Å². The van der Waals surface area contributed by atoms with Crippen LogP contribution >= 0.6 is 0 Å². The number of anilines is 1. The molecule has 8 nitrogen and oxygen atoms in total. The molecule has 0 aliphatic heterocycles. The van der Waals surface area contributed by atoms with Gasteiger partial charge in [0.25, 0.3) is 5.56 Å². The molecule has 1 amide bonds. The van der Waals surface area contributed by atoms with Crippen molar-refractivity contribution in [2.75, 3.05) is 11.4 Å². The van der Waals surface area contributed by atoms with Crippen LogP contribution in [0.15, 0.2) is 53.3 Å². The maximum absolute atomic E-state index is 13.2. The summed E-state index contributed by atoms with van der Waals surface area (Å²) in [5.41, 5.74) is -0.766. The Morgan fingerprint density at radius 2 is 1.79 bits per heavy atom. The molecule has 0 fully saturated rings. The summed E-state index contributed by atoms with van der Waals surface area (Å²) in [5.74, 6) is -2.68. The smallest absolute Gasteiger partial charge is 0.275 e. The molecule has 0 N–H and O–H groups in total. The van der Waals surface area contributed by atoms with Crippen LogP contribution in [-0.2, 0) is 11.3 Å². The maximum atomic E-state index is 13.2. The van der Waals surface area contributed by atoms with Crippen molar-refractivity contribution in [3.63, 3.8) is 0 Å². The Morgan fingerprint density at radius 1 is 1.14 bits per heavy atom. The number of nitrogens with zero attached hydrogens (tertiary/aromatic N) is 4. The number of carboxylic acid groups (broad SMARTS) is 1. The number of hydrogen-bond acceptors (Lipinski definition) is 6. The minimum atomic E-state index is -1.58. The number of hydrogen-bond donors (Lipinski definition) is 0. The summed E-state index contributed by atoms with van der Waals surface area (Å²) in [6.45, 7) is -0.552. The number of carboxylic acids is 1. The molecule has 3 rings (SSSR count). The van der Waals surface area contributed by atoms with Gasteiger partial charge in [-0.1, -0.05) is 18.2 Å². The van der Waals surface area contributed by atoms with E-state index in [-0.39, 0.29) is 23.7 Å². The molecule has 2 aromatic carbocycles. The van der Waals surface area contributed by atoms with Gasteiger partial charge in [-0.25, -0.2) is 9.07 Å². The number of fused-ring (bicyclic) bond motifs is 1. The first-order valence-corrected chi connectivity index (χ1v) is 8.56. The largest absolute Gasteiger partial charge is 0.543 e. The number of aromatic carboxylic acids is 1. The highest BCUT2D eigenvalue weighted by atomic mass is 19.1. The Kier molecular flexibility index (Phi) is 5.64. The zero-order valence-electron chi connectivity index (χ0n) is 15.0. The summed E-state index contributed by atoms with van der Waals surface area (Å²) in [5, 5.41) is 24.3. The number of amides is 1. The van der Waals surface area contributed by atoms with Crippen molar-refractivity contribution < 1.29 is 19.1 Å². The van der Waals surface area contributed by atoms with Crippen LogP contribution in [0.2, 0.25) is 0 Å². The molecule has 29 heavy (non-hydrogen) atoms. The number of aromatic nitrogens is 2. The average Bonchev–Trinajstić information content (AvgIpc) is 2.71. The predicted octanol–water partition coefficient (Wildman–Crippen LogP) is 0.846. The van der Waals surface area contributed by atoms with Gasteiger partial charge in [-0.3, -0.25) is 9.59 Å². The fourth-order valence-corrected chi connectivity index (χ4v) is 2.89. The minimum absolute atomic E-state index is 0.00740. The zero-order chi connectivity index (χ0) is 21.0. The highest BCUT2D eigenvalue weighted by Crippen LogP contribution is 2.17. The van der Waals surface area contributed by atoms with Crippen molar-refractivity contribution in [3.8, 4) is 6.07 Å². The number of carbonyl (C=O) groups excluding carboxylic acids is 2. The van der Waals surface area contributed by atoms with E-state index in [0.717, 1.165) is 16.8 Å². The van der Waals surface area contributed by atoms with E-state index in [0.29, 0.717) is 5.69 Å². The standard InChI is InChI=1S/C20H15FN4O4/c21-13-6-8-14(9-7-13)24(11-3-10-22)17(26)12-25-19(27)16-5-2-1-4-15(16)18(23-25)20(28)29/h1-2,4-9H,3,11-12H2,(H,28,29)/p-1. The van der Waals surface area contributed by atoms with E-state index in [1.165, 1.54) is 29.2 Å². The first kappa shape index (κ1) is 19.7. The van der Waals surface area contributed by atoms with Crippen LogP contribution in [0, 0.1) is 17.1 Å². The summed E-state index contributed by atoms with van der Waals surface area (Å²) < 4.78 is 13.9. The monoisotopic (exact) mass is 393 g/mol. The summed E-state index contributed by atoms with van der Waals surface area (Å²) >= 11 is 0. The van der Waals surface area contributed by atoms with Gasteiger partial charge >= 0.3 is 0 Å². The second kappa shape index (κ2) is 8.31. The van der Waals surface area contributed by atoms with Gasteiger partial charge < -0.3 is 14.8 Å². The fourth-order valence-electron chi connectivity index (χ4n) is 2.89. The second-order valence-electron chi connectivity index (χ2n) is 6.07. The van der Waals surface area contributed by atoms with Crippen LogP contribution in [0.3, 0.4) is 0 Å². The molecular weight excluding hydrogens is 379 g/mol. The summed E-state index contributed by atoms with van der Waals surface area (Å²) in [7, 11) is 0. The predicted molar refractivity (Wildman–Crippen MR) is 99.3 cm³/mol. The molecule has 0 saturated heterocycles. The lowest BCUT2D eigenvalue weighted by atomic mass is 10.1. The van der Waals surface area contributed by atoms with Gasteiger partial charge in [0.15, 0.2) is 0 Å². The molecular formula is C20H14FN4O4-. The Balaban J connectivity index is 2.01. The molecule has 146 valence electrons. The van der Waals surface area contributed by atoms with E-state index in [1.54, 1.807) is 12.1 Å². The van der Waals surface area contributed by atoms with Crippen LogP contribution in [0.5, 0.6) is 0 Å². The molecule has 0 unspecified atom stereocenters. The molecule has 9 heteroatoms. The zero-order valence-corrected chi connectivity index (χ0v) is 15.0. The molecule has 1 aromatic heterocycles. The molecule has 0 aliphatic carbocycles. The third kappa shape index (κ3) is 4.11. The summed E-state index contributed by atoms with van der Waals surface area (Å²) in [6, 6.07) is 13.0. The van der Waals surface area contributed by atoms with Gasteiger partial charge in [0.1, 0.15) is 18.1 Å². The number of rotatable bonds is 6. The summed E-state index contributed by atoms with van der Waals surface area (Å²) in [4.78, 5) is 38.2. The normalized spacial score (nSPS) is 10.5. The highest BCUT2D eigenvalue weighted by Gasteiger charge is 2.19. The topological polar surface area (TPSA) is 119 Å². The van der Waals surface area contributed by atoms with Crippen molar-refractivity contribution in [3.05, 3.63) is 70.4 Å². The Hall–Kier alpha value is -4.06. The average molecular weight is 393 g/mol. The van der Waals surface area contributed by atoms with E-state index in [4.69, 9.17) is 5.26 Å². The van der Waals surface area contributed by atoms with Crippen LogP contribution < -0.4 is 15.6 Å². The van der Waals surface area contributed by atoms with Crippen LogP contribution in [0.25, 0.3) is 10.8 Å². The first-order chi connectivity index (χ1) is 13.9. The Morgan fingerprint density at radius 3 is 2.41 bits per heavy atom. The lowest BCUT2D eigenvalue weighted by Crippen LogP contribution is -2.39. The van der Waals surface area contributed by atoms with Gasteiger partial charge in [-0.2, -0.15) is 10.4 Å². The van der Waals surface area contributed by atoms with Crippen molar-refractivity contribution in [1.29, 1.82) is 5.26 Å². The molecule has 0 aliphatic rings. The van der Waals surface area contributed by atoms with E-state index in [2.05, 4.69) is 5.10 Å². The minimum Gasteiger partial charge on any atom is -0.543 e. The number of benzene rings is 2. The Bertz CT molecular complexity index is 1180. The fraction of sp³-hybridized carbons (Fsp3) is 0.150. The van der Waals surface area contributed by atoms with E-state index >= 15 is 0 Å². The molecule has 0 spiro atoms. The number of nitriles is 1. The SMILES string of the molecule is N#CCCN(C(=O)Cn1nc(C(=O)[O-])c2ccccc2c1=O)c1ccc(F)cc1. The maximum Gasteiger partial charge on any atom is 0.275 e. The van der Waals surface area contributed by atoms with Crippen LogP contribution in [0.1, 0.15) is 16.9 Å². The van der Waals surface area contributed by atoms with Gasteiger partial charge in [0.2, 0.25) is 5.91 Å².